The maximum absolute atomic E-state index is 11.7. The molecule has 2 rings (SSSR count). The van der Waals surface area contributed by atoms with Crippen molar-refractivity contribution in [3.05, 3.63) is 29.0 Å². The highest BCUT2D eigenvalue weighted by Gasteiger charge is 2.19. The van der Waals surface area contributed by atoms with Crippen LogP contribution in [-0.2, 0) is 0 Å². The largest absolute Gasteiger partial charge is 0.623 e. The molecule has 0 N–H and O–H groups in total. The van der Waals surface area contributed by atoms with E-state index < -0.39 is 5.54 Å². The number of hydrogen-bond donors (Lipinski definition) is 0. The number of ether oxygens (including phenoxy) is 2. The summed E-state index contributed by atoms with van der Waals surface area (Å²) in [6.07, 6.45) is 1.56. The van der Waals surface area contributed by atoms with Crippen LogP contribution >= 0.6 is 0 Å². The fourth-order valence-corrected chi connectivity index (χ4v) is 1.32. The first-order chi connectivity index (χ1) is 7.47. The van der Waals surface area contributed by atoms with Crippen LogP contribution in [0.2, 0.25) is 0 Å². The van der Waals surface area contributed by atoms with Crippen LogP contribution in [0, 0.1) is 5.21 Å². The third-order valence-electron chi connectivity index (χ3n) is 2.32. The highest BCUT2D eigenvalue weighted by molar-refractivity contribution is 5.77. The standard InChI is InChI=1S/C12H15NO3/c1-12(2,3)13(14)7-9-4-5-10-11(6-9)16-8-15-10/h4-7H,8H2,1-3H3/b13-7-. The number of hydroxylamine groups is 1. The zero-order chi connectivity index (χ0) is 11.8. The Kier molecular flexibility index (Phi) is 2.50. The monoisotopic (exact) mass is 221 g/mol. The molecule has 1 aliphatic heterocycles. The van der Waals surface area contributed by atoms with Gasteiger partial charge in [-0.3, -0.25) is 0 Å². The smallest absolute Gasteiger partial charge is 0.231 e. The van der Waals surface area contributed by atoms with Gasteiger partial charge in [-0.05, 0) is 18.2 Å². The third kappa shape index (κ3) is 2.10. The predicted molar refractivity (Wildman–Crippen MR) is 61.1 cm³/mol. The van der Waals surface area contributed by atoms with Gasteiger partial charge in [0.15, 0.2) is 23.3 Å². The molecular weight excluding hydrogens is 206 g/mol. The van der Waals surface area contributed by atoms with E-state index in [0.29, 0.717) is 5.75 Å². The van der Waals surface area contributed by atoms with E-state index in [1.54, 1.807) is 12.3 Å². The Hall–Kier alpha value is -1.71. The molecule has 0 fully saturated rings. The molecule has 1 aromatic carbocycles. The van der Waals surface area contributed by atoms with Crippen molar-refractivity contribution in [1.82, 2.24) is 0 Å². The van der Waals surface area contributed by atoms with Gasteiger partial charge in [-0.2, -0.15) is 0 Å². The van der Waals surface area contributed by atoms with Crippen LogP contribution in [0.5, 0.6) is 11.5 Å². The Morgan fingerprint density at radius 3 is 2.62 bits per heavy atom. The normalized spacial score (nSPS) is 15.3. The first-order valence-corrected chi connectivity index (χ1v) is 5.18. The van der Waals surface area contributed by atoms with Crippen molar-refractivity contribution in [2.75, 3.05) is 6.79 Å². The minimum Gasteiger partial charge on any atom is -0.623 e. The maximum atomic E-state index is 11.7. The zero-order valence-electron chi connectivity index (χ0n) is 9.69. The first-order valence-electron chi connectivity index (χ1n) is 5.18. The summed E-state index contributed by atoms with van der Waals surface area (Å²) < 4.78 is 11.4. The minimum absolute atomic E-state index is 0.249. The number of rotatable bonds is 1. The third-order valence-corrected chi connectivity index (χ3v) is 2.32. The lowest BCUT2D eigenvalue weighted by atomic mass is 10.1. The Morgan fingerprint density at radius 2 is 1.94 bits per heavy atom. The van der Waals surface area contributed by atoms with Crippen molar-refractivity contribution in [2.24, 2.45) is 0 Å². The molecule has 1 aliphatic rings. The van der Waals surface area contributed by atoms with Crippen LogP contribution in [0.4, 0.5) is 0 Å². The van der Waals surface area contributed by atoms with E-state index >= 15 is 0 Å². The van der Waals surface area contributed by atoms with E-state index in [1.165, 1.54) is 0 Å². The van der Waals surface area contributed by atoms with Crippen molar-refractivity contribution < 1.29 is 14.2 Å². The van der Waals surface area contributed by atoms with Crippen LogP contribution in [-0.4, -0.2) is 23.3 Å². The molecule has 0 saturated heterocycles. The fraction of sp³-hybridized carbons (Fsp3) is 0.417. The second-order valence-corrected chi connectivity index (χ2v) is 4.74. The van der Waals surface area contributed by atoms with Gasteiger partial charge in [-0.1, -0.05) is 0 Å². The molecule has 1 heterocycles. The van der Waals surface area contributed by atoms with Crippen LogP contribution in [0.3, 0.4) is 0 Å². The summed E-state index contributed by atoms with van der Waals surface area (Å²) in [6, 6.07) is 5.45. The molecule has 0 saturated carbocycles. The van der Waals surface area contributed by atoms with Gasteiger partial charge in [0.2, 0.25) is 6.79 Å². The summed E-state index contributed by atoms with van der Waals surface area (Å²) in [5.74, 6) is 1.42. The summed E-state index contributed by atoms with van der Waals surface area (Å²) in [6.45, 7) is 5.84. The van der Waals surface area contributed by atoms with E-state index in [1.807, 2.05) is 32.9 Å². The van der Waals surface area contributed by atoms with Crippen LogP contribution < -0.4 is 9.47 Å². The minimum atomic E-state index is -0.434. The summed E-state index contributed by atoms with van der Waals surface area (Å²) in [5.41, 5.74) is 0.380. The van der Waals surface area contributed by atoms with Gasteiger partial charge in [0.05, 0.1) is 0 Å². The van der Waals surface area contributed by atoms with Gasteiger partial charge in [0, 0.05) is 26.3 Å². The van der Waals surface area contributed by atoms with Crippen LogP contribution in [0.1, 0.15) is 26.3 Å². The van der Waals surface area contributed by atoms with Gasteiger partial charge < -0.3 is 14.7 Å². The van der Waals surface area contributed by atoms with Crippen molar-refractivity contribution in [1.29, 1.82) is 0 Å². The average Bonchev–Trinajstić information content (AvgIpc) is 2.63. The highest BCUT2D eigenvalue weighted by Crippen LogP contribution is 2.32. The molecule has 1 aromatic rings. The van der Waals surface area contributed by atoms with Gasteiger partial charge in [0.1, 0.15) is 0 Å². The fourth-order valence-electron chi connectivity index (χ4n) is 1.32. The summed E-state index contributed by atoms with van der Waals surface area (Å²) in [4.78, 5) is 0. The van der Waals surface area contributed by atoms with Crippen LogP contribution in [0.15, 0.2) is 18.2 Å². The number of hydrogen-bond acceptors (Lipinski definition) is 3. The molecule has 0 atom stereocenters. The van der Waals surface area contributed by atoms with E-state index in [4.69, 9.17) is 9.47 Å². The molecule has 4 nitrogen and oxygen atoms in total. The summed E-state index contributed by atoms with van der Waals surface area (Å²) in [7, 11) is 0. The van der Waals surface area contributed by atoms with E-state index in [2.05, 4.69) is 0 Å². The van der Waals surface area contributed by atoms with E-state index in [0.717, 1.165) is 16.1 Å². The average molecular weight is 221 g/mol. The predicted octanol–water partition coefficient (Wildman–Crippen LogP) is 2.14. The Balaban J connectivity index is 2.29. The number of fused-ring (bicyclic) bond motifs is 1. The van der Waals surface area contributed by atoms with Gasteiger partial charge >= 0.3 is 0 Å². The van der Waals surface area contributed by atoms with Crippen molar-refractivity contribution >= 4 is 6.21 Å². The molecule has 16 heavy (non-hydrogen) atoms. The molecule has 4 heteroatoms. The lowest BCUT2D eigenvalue weighted by molar-refractivity contribution is -0.530. The SMILES string of the molecule is CC(C)(C)/[N+]([O-])=C/c1ccc2c(c1)OCO2. The number of benzene rings is 1. The van der Waals surface area contributed by atoms with Gasteiger partial charge in [0.25, 0.3) is 0 Å². The molecular formula is C12H15NO3. The lowest BCUT2D eigenvalue weighted by Crippen LogP contribution is -2.29. The molecule has 0 amide bonds. The Bertz CT molecular complexity index is 432. The van der Waals surface area contributed by atoms with Crippen molar-refractivity contribution in [3.8, 4) is 11.5 Å². The summed E-state index contributed by atoms with van der Waals surface area (Å²) >= 11 is 0. The second kappa shape index (κ2) is 3.70. The summed E-state index contributed by atoms with van der Waals surface area (Å²) in [5, 5.41) is 11.7. The Morgan fingerprint density at radius 1 is 1.25 bits per heavy atom. The first kappa shape index (κ1) is 10.8. The van der Waals surface area contributed by atoms with Gasteiger partial charge in [-0.25, -0.2) is 4.74 Å². The highest BCUT2D eigenvalue weighted by atomic mass is 16.7. The van der Waals surface area contributed by atoms with Crippen molar-refractivity contribution in [2.45, 2.75) is 26.3 Å². The molecule has 0 aliphatic carbocycles. The molecule has 0 bridgehead atoms. The zero-order valence-corrected chi connectivity index (χ0v) is 9.69. The van der Waals surface area contributed by atoms with Crippen LogP contribution in [0.25, 0.3) is 0 Å². The van der Waals surface area contributed by atoms with Gasteiger partial charge in [-0.15, -0.1) is 0 Å². The Labute approximate surface area is 94.7 Å². The quantitative estimate of drug-likeness (QED) is 0.316. The molecule has 0 unspecified atom stereocenters. The lowest BCUT2D eigenvalue weighted by Gasteiger charge is -2.18. The van der Waals surface area contributed by atoms with E-state index in [9.17, 15) is 5.21 Å². The van der Waals surface area contributed by atoms with E-state index in [-0.39, 0.29) is 6.79 Å². The second-order valence-electron chi connectivity index (χ2n) is 4.74. The molecule has 86 valence electrons. The topological polar surface area (TPSA) is 44.5 Å². The van der Waals surface area contributed by atoms with Crippen molar-refractivity contribution in [3.63, 3.8) is 0 Å². The molecule has 0 radical (unpaired) electrons. The number of nitrogens with zero attached hydrogens (tertiary/aromatic N) is 1. The molecule has 0 aromatic heterocycles. The maximum Gasteiger partial charge on any atom is 0.231 e. The molecule has 0 spiro atoms.